The maximum atomic E-state index is 6.11. The van der Waals surface area contributed by atoms with Crippen molar-refractivity contribution in [1.29, 1.82) is 0 Å². The van der Waals surface area contributed by atoms with Crippen molar-refractivity contribution in [3.63, 3.8) is 0 Å². The molecule has 0 radical (unpaired) electrons. The van der Waals surface area contributed by atoms with Crippen LogP contribution in [0.1, 0.15) is 52.9 Å². The van der Waals surface area contributed by atoms with Crippen LogP contribution in [-0.4, -0.2) is 25.3 Å². The fourth-order valence-electron chi connectivity index (χ4n) is 3.54. The van der Waals surface area contributed by atoms with Gasteiger partial charge in [0.05, 0.1) is 12.7 Å². The normalized spacial score (nSPS) is 38.8. The molecule has 1 saturated heterocycles. The standard InChI is InChI=1S/C14H27NO/c1-11-7-13(9-14(2,3)8-11)16-10-12-5-4-6-15-12/h11-13,15H,4-10H2,1-3H3/t11?,12-,13?/m1/s1. The topological polar surface area (TPSA) is 21.3 Å². The van der Waals surface area contributed by atoms with E-state index in [9.17, 15) is 0 Å². The second-order valence-electron chi connectivity index (χ2n) is 6.66. The minimum absolute atomic E-state index is 0.478. The van der Waals surface area contributed by atoms with Gasteiger partial charge < -0.3 is 10.1 Å². The van der Waals surface area contributed by atoms with Crippen LogP contribution in [0.2, 0.25) is 0 Å². The first-order valence-corrected chi connectivity index (χ1v) is 6.90. The summed E-state index contributed by atoms with van der Waals surface area (Å²) in [4.78, 5) is 0. The van der Waals surface area contributed by atoms with Gasteiger partial charge in [-0.1, -0.05) is 20.8 Å². The summed E-state index contributed by atoms with van der Waals surface area (Å²) in [6, 6.07) is 0.625. The quantitative estimate of drug-likeness (QED) is 0.797. The van der Waals surface area contributed by atoms with Gasteiger partial charge in [0.15, 0.2) is 0 Å². The van der Waals surface area contributed by atoms with E-state index in [4.69, 9.17) is 4.74 Å². The van der Waals surface area contributed by atoms with Crippen molar-refractivity contribution in [3.05, 3.63) is 0 Å². The molecule has 1 aliphatic heterocycles. The van der Waals surface area contributed by atoms with Crippen LogP contribution in [-0.2, 0) is 4.74 Å². The molecule has 0 spiro atoms. The van der Waals surface area contributed by atoms with Crippen LogP contribution in [0.25, 0.3) is 0 Å². The molecule has 0 bridgehead atoms. The molecule has 2 aliphatic rings. The van der Waals surface area contributed by atoms with Crippen molar-refractivity contribution >= 4 is 0 Å². The number of ether oxygens (including phenoxy) is 1. The molecule has 0 aromatic carbocycles. The Balaban J connectivity index is 1.75. The van der Waals surface area contributed by atoms with Crippen molar-refractivity contribution in [2.75, 3.05) is 13.2 Å². The molecule has 1 N–H and O–H groups in total. The van der Waals surface area contributed by atoms with E-state index in [1.807, 2.05) is 0 Å². The lowest BCUT2D eigenvalue weighted by atomic mass is 9.71. The van der Waals surface area contributed by atoms with Gasteiger partial charge >= 0.3 is 0 Å². The second-order valence-corrected chi connectivity index (χ2v) is 6.66. The summed E-state index contributed by atoms with van der Waals surface area (Å²) in [5.41, 5.74) is 0.478. The number of nitrogens with one attached hydrogen (secondary N) is 1. The van der Waals surface area contributed by atoms with Crippen LogP contribution >= 0.6 is 0 Å². The van der Waals surface area contributed by atoms with E-state index in [1.165, 1.54) is 38.6 Å². The highest BCUT2D eigenvalue weighted by atomic mass is 16.5. The monoisotopic (exact) mass is 225 g/mol. The van der Waals surface area contributed by atoms with Gasteiger partial charge in [-0.3, -0.25) is 0 Å². The summed E-state index contributed by atoms with van der Waals surface area (Å²) in [5.74, 6) is 0.824. The van der Waals surface area contributed by atoms with Gasteiger partial charge in [0.25, 0.3) is 0 Å². The molecule has 1 heterocycles. The minimum Gasteiger partial charge on any atom is -0.377 e. The van der Waals surface area contributed by atoms with Gasteiger partial charge in [-0.15, -0.1) is 0 Å². The summed E-state index contributed by atoms with van der Waals surface area (Å²) >= 11 is 0. The molecular weight excluding hydrogens is 198 g/mol. The van der Waals surface area contributed by atoms with Crippen molar-refractivity contribution in [2.45, 2.75) is 65.0 Å². The molecule has 1 saturated carbocycles. The fraction of sp³-hybridized carbons (Fsp3) is 1.00. The van der Waals surface area contributed by atoms with Crippen LogP contribution < -0.4 is 5.32 Å². The lowest BCUT2D eigenvalue weighted by Crippen LogP contribution is -2.36. The van der Waals surface area contributed by atoms with Crippen molar-refractivity contribution in [1.82, 2.24) is 5.32 Å². The van der Waals surface area contributed by atoms with Crippen LogP contribution in [0.15, 0.2) is 0 Å². The van der Waals surface area contributed by atoms with Crippen LogP contribution in [0.4, 0.5) is 0 Å². The van der Waals surface area contributed by atoms with E-state index in [1.54, 1.807) is 0 Å². The third kappa shape index (κ3) is 3.46. The van der Waals surface area contributed by atoms with Gasteiger partial charge in [0.1, 0.15) is 0 Å². The van der Waals surface area contributed by atoms with E-state index in [2.05, 4.69) is 26.1 Å². The fourth-order valence-corrected chi connectivity index (χ4v) is 3.54. The minimum atomic E-state index is 0.478. The zero-order valence-corrected chi connectivity index (χ0v) is 11.1. The molecule has 94 valence electrons. The summed E-state index contributed by atoms with van der Waals surface area (Å²) in [6.45, 7) is 9.23. The maximum absolute atomic E-state index is 6.11. The molecular formula is C14H27NO. The van der Waals surface area contributed by atoms with E-state index in [-0.39, 0.29) is 0 Å². The van der Waals surface area contributed by atoms with Crippen molar-refractivity contribution in [2.24, 2.45) is 11.3 Å². The first-order chi connectivity index (χ1) is 7.55. The zero-order valence-electron chi connectivity index (χ0n) is 11.1. The predicted molar refractivity (Wildman–Crippen MR) is 67.6 cm³/mol. The molecule has 1 aliphatic carbocycles. The second kappa shape index (κ2) is 5.05. The smallest absolute Gasteiger partial charge is 0.0623 e. The number of rotatable bonds is 3. The molecule has 2 rings (SSSR count). The van der Waals surface area contributed by atoms with Crippen LogP contribution in [0, 0.1) is 11.3 Å². The predicted octanol–water partition coefficient (Wildman–Crippen LogP) is 2.97. The Morgan fingerprint density at radius 3 is 2.75 bits per heavy atom. The largest absolute Gasteiger partial charge is 0.377 e. The third-order valence-electron chi connectivity index (χ3n) is 4.04. The molecule has 2 fully saturated rings. The Bertz CT molecular complexity index is 221. The SMILES string of the molecule is CC1CC(OC[C@H]2CCCN2)CC(C)(C)C1. The lowest BCUT2D eigenvalue weighted by molar-refractivity contribution is -0.0291. The summed E-state index contributed by atoms with van der Waals surface area (Å²) in [7, 11) is 0. The van der Waals surface area contributed by atoms with E-state index in [0.29, 0.717) is 17.6 Å². The number of hydrogen-bond donors (Lipinski definition) is 1. The van der Waals surface area contributed by atoms with Gasteiger partial charge in [0.2, 0.25) is 0 Å². The Kier molecular flexibility index (Phi) is 3.91. The molecule has 2 heteroatoms. The molecule has 0 aromatic rings. The maximum Gasteiger partial charge on any atom is 0.0623 e. The van der Waals surface area contributed by atoms with Crippen LogP contribution in [0.3, 0.4) is 0 Å². The summed E-state index contributed by atoms with van der Waals surface area (Å²) in [5, 5.41) is 3.50. The van der Waals surface area contributed by atoms with E-state index in [0.717, 1.165) is 12.5 Å². The van der Waals surface area contributed by atoms with Gasteiger partial charge in [-0.25, -0.2) is 0 Å². The molecule has 3 atom stereocenters. The van der Waals surface area contributed by atoms with Crippen LogP contribution in [0.5, 0.6) is 0 Å². The van der Waals surface area contributed by atoms with Gasteiger partial charge in [-0.2, -0.15) is 0 Å². The van der Waals surface area contributed by atoms with E-state index >= 15 is 0 Å². The molecule has 2 unspecified atom stereocenters. The zero-order chi connectivity index (χ0) is 11.6. The molecule has 16 heavy (non-hydrogen) atoms. The molecule has 0 aromatic heterocycles. The molecule has 2 nitrogen and oxygen atoms in total. The van der Waals surface area contributed by atoms with Gasteiger partial charge in [-0.05, 0) is 50.0 Å². The molecule has 0 amide bonds. The summed E-state index contributed by atoms with van der Waals surface area (Å²) < 4.78 is 6.11. The van der Waals surface area contributed by atoms with Crippen molar-refractivity contribution in [3.8, 4) is 0 Å². The highest BCUT2D eigenvalue weighted by molar-refractivity contribution is 4.84. The summed E-state index contributed by atoms with van der Waals surface area (Å²) in [6.07, 6.45) is 6.97. The first-order valence-electron chi connectivity index (χ1n) is 6.90. The highest BCUT2D eigenvalue weighted by Crippen LogP contribution is 2.39. The highest BCUT2D eigenvalue weighted by Gasteiger charge is 2.32. The third-order valence-corrected chi connectivity index (χ3v) is 4.04. The van der Waals surface area contributed by atoms with Gasteiger partial charge in [0, 0.05) is 6.04 Å². The Morgan fingerprint density at radius 2 is 2.12 bits per heavy atom. The Labute approximate surface area is 100 Å². The average molecular weight is 225 g/mol. The van der Waals surface area contributed by atoms with E-state index < -0.39 is 0 Å². The number of hydrogen-bond acceptors (Lipinski definition) is 2. The first kappa shape index (κ1) is 12.4. The Hall–Kier alpha value is -0.0800. The van der Waals surface area contributed by atoms with Crippen molar-refractivity contribution < 1.29 is 4.74 Å². The lowest BCUT2D eigenvalue weighted by Gasteiger charge is -2.39. The Morgan fingerprint density at radius 1 is 1.31 bits per heavy atom. The average Bonchev–Trinajstić information content (AvgIpc) is 2.63.